The van der Waals surface area contributed by atoms with Crippen molar-refractivity contribution in [2.75, 3.05) is 6.54 Å². The van der Waals surface area contributed by atoms with Crippen LogP contribution in [0.2, 0.25) is 5.02 Å². The van der Waals surface area contributed by atoms with Crippen LogP contribution in [0.15, 0.2) is 42.5 Å². The van der Waals surface area contributed by atoms with E-state index in [4.69, 9.17) is 11.6 Å². The largest absolute Gasteiger partial charge is 0.416 e. The Morgan fingerprint density at radius 3 is 2.44 bits per heavy atom. The molecule has 0 aliphatic carbocycles. The Kier molecular flexibility index (Phi) is 5.20. The van der Waals surface area contributed by atoms with E-state index in [9.17, 15) is 18.0 Å². The second-order valence-corrected chi connectivity index (χ2v) is 6.83. The summed E-state index contributed by atoms with van der Waals surface area (Å²) in [5.41, 5.74) is 2.33. The Hall–Kier alpha value is -2.47. The maximum atomic E-state index is 12.6. The first-order valence-corrected chi connectivity index (χ1v) is 8.75. The van der Waals surface area contributed by atoms with Crippen molar-refractivity contribution < 1.29 is 18.0 Å². The minimum absolute atomic E-state index is 0.228. The third-order valence-electron chi connectivity index (χ3n) is 4.61. The fraction of sp³-hybridized carbons (Fsp3) is 0.250. The highest BCUT2D eigenvalue weighted by molar-refractivity contribution is 6.31. The molecule has 3 nitrogen and oxygen atoms in total. The van der Waals surface area contributed by atoms with E-state index in [1.165, 1.54) is 12.1 Å². The highest BCUT2D eigenvalue weighted by atomic mass is 35.5. The maximum absolute atomic E-state index is 12.6. The van der Waals surface area contributed by atoms with Gasteiger partial charge in [0, 0.05) is 29.5 Å². The lowest BCUT2D eigenvalue weighted by atomic mass is 10.1. The molecule has 0 aliphatic rings. The second kappa shape index (κ2) is 7.27. The van der Waals surface area contributed by atoms with Gasteiger partial charge in [0.1, 0.15) is 5.69 Å². The average molecular weight is 395 g/mol. The molecule has 7 heteroatoms. The van der Waals surface area contributed by atoms with E-state index in [2.05, 4.69) is 5.32 Å². The standard InChI is InChI=1S/C20H18ClF3N2O/c1-12-16-11-15(21)7-8-17(16)26(2)18(12)19(27)25-10-9-13-3-5-14(6-4-13)20(22,23)24/h3-8,11H,9-10H2,1-2H3,(H,25,27). The summed E-state index contributed by atoms with van der Waals surface area (Å²) >= 11 is 6.04. The van der Waals surface area contributed by atoms with E-state index in [-0.39, 0.29) is 5.91 Å². The van der Waals surface area contributed by atoms with Crippen LogP contribution in [0.25, 0.3) is 10.9 Å². The molecule has 1 heterocycles. The number of rotatable bonds is 4. The number of aromatic nitrogens is 1. The molecule has 0 spiro atoms. The van der Waals surface area contributed by atoms with Crippen molar-refractivity contribution in [2.45, 2.75) is 19.5 Å². The molecule has 0 bridgehead atoms. The molecule has 1 N–H and O–H groups in total. The van der Waals surface area contributed by atoms with Gasteiger partial charge in [-0.05, 0) is 54.8 Å². The number of halogens is 4. The summed E-state index contributed by atoms with van der Waals surface area (Å²) in [5, 5.41) is 4.35. The minimum Gasteiger partial charge on any atom is -0.350 e. The summed E-state index contributed by atoms with van der Waals surface area (Å²) in [4.78, 5) is 12.6. The molecule has 2 aromatic carbocycles. The van der Waals surface area contributed by atoms with Gasteiger partial charge in [-0.3, -0.25) is 4.79 Å². The van der Waals surface area contributed by atoms with Gasteiger partial charge in [-0.2, -0.15) is 13.2 Å². The summed E-state index contributed by atoms with van der Waals surface area (Å²) in [5.74, 6) is -0.228. The number of benzene rings is 2. The lowest BCUT2D eigenvalue weighted by Crippen LogP contribution is -2.28. The Bertz CT molecular complexity index is 991. The van der Waals surface area contributed by atoms with Crippen LogP contribution in [0, 0.1) is 6.92 Å². The number of nitrogens with zero attached hydrogens (tertiary/aromatic N) is 1. The zero-order valence-corrected chi connectivity index (χ0v) is 15.6. The Morgan fingerprint density at radius 2 is 1.81 bits per heavy atom. The molecule has 1 aromatic heterocycles. The summed E-state index contributed by atoms with van der Waals surface area (Å²) in [7, 11) is 1.81. The molecule has 1 amide bonds. The van der Waals surface area contributed by atoms with Crippen LogP contribution in [0.4, 0.5) is 13.2 Å². The summed E-state index contributed by atoms with van der Waals surface area (Å²) in [6.45, 7) is 2.19. The van der Waals surface area contributed by atoms with Crippen molar-refractivity contribution in [2.24, 2.45) is 7.05 Å². The first-order chi connectivity index (χ1) is 12.7. The van der Waals surface area contributed by atoms with Crippen LogP contribution in [0.5, 0.6) is 0 Å². The first kappa shape index (κ1) is 19.3. The molecular formula is C20H18ClF3N2O. The SMILES string of the molecule is Cc1c(C(=O)NCCc2ccc(C(F)(F)F)cc2)n(C)c2ccc(Cl)cc12. The zero-order valence-electron chi connectivity index (χ0n) is 14.8. The number of fused-ring (bicyclic) bond motifs is 1. The van der Waals surface area contributed by atoms with Gasteiger partial charge in [0.05, 0.1) is 5.56 Å². The smallest absolute Gasteiger partial charge is 0.350 e. The number of carbonyl (C=O) groups is 1. The molecular weight excluding hydrogens is 377 g/mol. The zero-order chi connectivity index (χ0) is 19.8. The van der Waals surface area contributed by atoms with Gasteiger partial charge in [-0.15, -0.1) is 0 Å². The lowest BCUT2D eigenvalue weighted by molar-refractivity contribution is -0.137. The first-order valence-electron chi connectivity index (χ1n) is 8.37. The normalized spacial score (nSPS) is 11.8. The van der Waals surface area contributed by atoms with E-state index < -0.39 is 11.7 Å². The fourth-order valence-corrected chi connectivity index (χ4v) is 3.36. The predicted octanol–water partition coefficient (Wildman–Crippen LogP) is 5.13. The van der Waals surface area contributed by atoms with Crippen molar-refractivity contribution in [3.8, 4) is 0 Å². The quantitative estimate of drug-likeness (QED) is 0.653. The Labute approximate surface area is 159 Å². The number of aryl methyl sites for hydroxylation is 2. The Balaban J connectivity index is 1.69. The van der Waals surface area contributed by atoms with Gasteiger partial charge in [-0.1, -0.05) is 23.7 Å². The van der Waals surface area contributed by atoms with E-state index in [1.54, 1.807) is 6.07 Å². The Morgan fingerprint density at radius 1 is 1.15 bits per heavy atom. The van der Waals surface area contributed by atoms with Gasteiger partial charge >= 0.3 is 6.18 Å². The molecule has 3 aromatic rings. The van der Waals surface area contributed by atoms with Gasteiger partial charge < -0.3 is 9.88 Å². The molecule has 27 heavy (non-hydrogen) atoms. The van der Waals surface area contributed by atoms with Crippen LogP contribution in [-0.4, -0.2) is 17.0 Å². The van der Waals surface area contributed by atoms with Crippen molar-refractivity contribution in [3.63, 3.8) is 0 Å². The summed E-state index contributed by atoms with van der Waals surface area (Å²) in [6.07, 6.45) is -3.90. The van der Waals surface area contributed by atoms with Gasteiger partial charge in [0.25, 0.3) is 5.91 Å². The molecule has 142 valence electrons. The predicted molar refractivity (Wildman–Crippen MR) is 100 cm³/mol. The van der Waals surface area contributed by atoms with Crippen LogP contribution < -0.4 is 5.32 Å². The van der Waals surface area contributed by atoms with Gasteiger partial charge in [0.2, 0.25) is 0 Å². The van der Waals surface area contributed by atoms with Crippen LogP contribution in [-0.2, 0) is 19.6 Å². The van der Waals surface area contributed by atoms with Crippen molar-refractivity contribution in [1.29, 1.82) is 0 Å². The molecule has 0 radical (unpaired) electrons. The minimum atomic E-state index is -4.35. The molecule has 0 atom stereocenters. The van der Waals surface area contributed by atoms with Gasteiger partial charge in [-0.25, -0.2) is 0 Å². The van der Waals surface area contributed by atoms with Crippen molar-refractivity contribution >= 4 is 28.4 Å². The molecule has 0 saturated heterocycles. The maximum Gasteiger partial charge on any atom is 0.416 e. The summed E-state index contributed by atoms with van der Waals surface area (Å²) in [6, 6.07) is 10.4. The molecule has 0 unspecified atom stereocenters. The van der Waals surface area contributed by atoms with E-state index >= 15 is 0 Å². The molecule has 3 rings (SSSR count). The van der Waals surface area contributed by atoms with E-state index in [1.807, 2.05) is 30.7 Å². The molecule has 0 saturated carbocycles. The second-order valence-electron chi connectivity index (χ2n) is 6.39. The van der Waals surface area contributed by atoms with Crippen LogP contribution in [0.1, 0.15) is 27.2 Å². The average Bonchev–Trinajstić information content (AvgIpc) is 2.85. The number of hydrogen-bond acceptors (Lipinski definition) is 1. The van der Waals surface area contributed by atoms with Gasteiger partial charge in [0.15, 0.2) is 0 Å². The molecule has 0 fully saturated rings. The van der Waals surface area contributed by atoms with Crippen molar-refractivity contribution in [1.82, 2.24) is 9.88 Å². The van der Waals surface area contributed by atoms with Crippen LogP contribution in [0.3, 0.4) is 0 Å². The number of alkyl halides is 3. The number of carbonyl (C=O) groups excluding carboxylic acids is 1. The highest BCUT2D eigenvalue weighted by Gasteiger charge is 2.29. The summed E-state index contributed by atoms with van der Waals surface area (Å²) < 4.78 is 39.6. The monoisotopic (exact) mass is 394 g/mol. The fourth-order valence-electron chi connectivity index (χ4n) is 3.19. The molecule has 0 aliphatic heterocycles. The highest BCUT2D eigenvalue weighted by Crippen LogP contribution is 2.29. The third kappa shape index (κ3) is 3.95. The van der Waals surface area contributed by atoms with E-state index in [0.717, 1.165) is 34.2 Å². The topological polar surface area (TPSA) is 34.0 Å². The number of nitrogens with one attached hydrogen (secondary N) is 1. The third-order valence-corrected chi connectivity index (χ3v) is 4.85. The van der Waals surface area contributed by atoms with Crippen molar-refractivity contribution in [3.05, 3.63) is 69.9 Å². The van der Waals surface area contributed by atoms with Crippen LogP contribution >= 0.6 is 11.6 Å². The lowest BCUT2D eigenvalue weighted by Gasteiger charge is -2.09. The number of amides is 1. The number of hydrogen-bond donors (Lipinski definition) is 1. The van der Waals surface area contributed by atoms with E-state index in [0.29, 0.717) is 23.7 Å².